The first-order valence-electron chi connectivity index (χ1n) is 3.36. The largest absolute Gasteiger partial charge is 0.196 e. The Morgan fingerprint density at radius 2 is 1.91 bits per heavy atom. The Balaban J connectivity index is 3.05. The van der Waals surface area contributed by atoms with Gasteiger partial charge in [-0.1, -0.05) is 30.3 Å². The van der Waals surface area contributed by atoms with Crippen LogP contribution < -0.4 is 0 Å². The van der Waals surface area contributed by atoms with Crippen LogP contribution in [0.25, 0.3) is 0 Å². The van der Waals surface area contributed by atoms with Gasteiger partial charge in [0.15, 0.2) is 0 Å². The van der Waals surface area contributed by atoms with Gasteiger partial charge < -0.3 is 0 Å². The Morgan fingerprint density at radius 1 is 1.36 bits per heavy atom. The highest BCUT2D eigenvalue weighted by molar-refractivity contribution is 7.81. The average Bonchev–Trinajstić information content (AvgIpc) is 2.06. The molecule has 0 bridgehead atoms. The first kappa shape index (κ1) is 8.16. The van der Waals surface area contributed by atoms with Gasteiger partial charge in [0.2, 0.25) is 0 Å². The van der Waals surface area contributed by atoms with E-state index in [9.17, 15) is 0 Å². The Labute approximate surface area is 72.1 Å². The average molecular weight is 163 g/mol. The molecule has 2 heteroatoms. The standard InChI is InChI=1S/C9H9NS/c1-9(11,7-10)8-5-3-2-4-6-8/h2-6,11H,1H3. The van der Waals surface area contributed by atoms with Crippen molar-refractivity contribution in [2.45, 2.75) is 11.7 Å². The number of nitriles is 1. The zero-order valence-corrected chi connectivity index (χ0v) is 7.18. The summed E-state index contributed by atoms with van der Waals surface area (Å²) in [6, 6.07) is 11.6. The van der Waals surface area contributed by atoms with Gasteiger partial charge in [0.05, 0.1) is 6.07 Å². The molecule has 1 nitrogen and oxygen atoms in total. The van der Waals surface area contributed by atoms with E-state index in [0.717, 1.165) is 5.56 Å². The summed E-state index contributed by atoms with van der Waals surface area (Å²) in [6.45, 7) is 1.78. The van der Waals surface area contributed by atoms with Gasteiger partial charge in [0, 0.05) is 0 Å². The normalized spacial score (nSPS) is 15.0. The van der Waals surface area contributed by atoms with Gasteiger partial charge >= 0.3 is 0 Å². The van der Waals surface area contributed by atoms with Crippen LogP contribution in [-0.2, 0) is 4.75 Å². The van der Waals surface area contributed by atoms with Gasteiger partial charge in [0.1, 0.15) is 4.75 Å². The minimum absolute atomic E-state index is 0.665. The van der Waals surface area contributed by atoms with E-state index in [1.165, 1.54) is 0 Å². The zero-order chi connectivity index (χ0) is 8.32. The number of benzene rings is 1. The molecule has 1 rings (SSSR count). The van der Waals surface area contributed by atoms with Gasteiger partial charge in [-0.15, -0.1) is 0 Å². The molecule has 0 amide bonds. The molecule has 0 saturated carbocycles. The lowest BCUT2D eigenvalue weighted by molar-refractivity contribution is 0.906. The Hall–Kier alpha value is -0.940. The van der Waals surface area contributed by atoms with Crippen molar-refractivity contribution in [1.82, 2.24) is 0 Å². The van der Waals surface area contributed by atoms with E-state index < -0.39 is 4.75 Å². The van der Waals surface area contributed by atoms with Crippen molar-refractivity contribution in [3.63, 3.8) is 0 Å². The van der Waals surface area contributed by atoms with Gasteiger partial charge in [-0.05, 0) is 12.5 Å². The molecule has 56 valence electrons. The van der Waals surface area contributed by atoms with Crippen molar-refractivity contribution in [3.8, 4) is 6.07 Å². The molecule has 1 aromatic carbocycles. The maximum atomic E-state index is 8.72. The Kier molecular flexibility index (Phi) is 2.21. The van der Waals surface area contributed by atoms with Crippen LogP contribution in [0, 0.1) is 11.3 Å². The van der Waals surface area contributed by atoms with Crippen molar-refractivity contribution in [2.75, 3.05) is 0 Å². The lowest BCUT2D eigenvalue weighted by Gasteiger charge is -2.13. The molecule has 0 aliphatic heterocycles. The number of hydrogen-bond donors (Lipinski definition) is 1. The van der Waals surface area contributed by atoms with Crippen LogP contribution in [0.4, 0.5) is 0 Å². The fraction of sp³-hybridized carbons (Fsp3) is 0.222. The molecule has 0 N–H and O–H groups in total. The molecule has 0 heterocycles. The number of nitrogens with zero attached hydrogens (tertiary/aromatic N) is 1. The third-order valence-electron chi connectivity index (χ3n) is 1.55. The van der Waals surface area contributed by atoms with Gasteiger partial charge in [0.25, 0.3) is 0 Å². The minimum Gasteiger partial charge on any atom is -0.196 e. The highest BCUT2D eigenvalue weighted by Crippen LogP contribution is 2.25. The highest BCUT2D eigenvalue weighted by Gasteiger charge is 2.19. The van der Waals surface area contributed by atoms with Crippen molar-refractivity contribution in [1.29, 1.82) is 5.26 Å². The fourth-order valence-corrected chi connectivity index (χ4v) is 0.976. The number of thiol groups is 1. The topological polar surface area (TPSA) is 23.8 Å². The molecule has 0 saturated heterocycles. The Bertz CT molecular complexity index is 271. The van der Waals surface area contributed by atoms with Crippen LogP contribution in [0.5, 0.6) is 0 Å². The summed E-state index contributed by atoms with van der Waals surface area (Å²) < 4.78 is -0.665. The lowest BCUT2D eigenvalue weighted by Crippen LogP contribution is -2.09. The number of hydrogen-bond acceptors (Lipinski definition) is 2. The molecule has 1 atom stereocenters. The minimum atomic E-state index is -0.665. The summed E-state index contributed by atoms with van der Waals surface area (Å²) in [5.41, 5.74) is 0.936. The quantitative estimate of drug-likeness (QED) is 0.631. The molecule has 11 heavy (non-hydrogen) atoms. The first-order valence-corrected chi connectivity index (χ1v) is 3.81. The predicted octanol–water partition coefficient (Wildman–Crippen LogP) is 2.36. The summed E-state index contributed by atoms with van der Waals surface area (Å²) in [5, 5.41) is 8.72. The van der Waals surface area contributed by atoms with E-state index >= 15 is 0 Å². The molecule has 0 fully saturated rings. The van der Waals surface area contributed by atoms with Gasteiger partial charge in [-0.3, -0.25) is 0 Å². The third kappa shape index (κ3) is 1.75. The van der Waals surface area contributed by atoms with Crippen LogP contribution in [0.1, 0.15) is 12.5 Å². The van der Waals surface area contributed by atoms with E-state index in [1.54, 1.807) is 6.92 Å². The van der Waals surface area contributed by atoms with Crippen LogP contribution in [0.3, 0.4) is 0 Å². The number of rotatable bonds is 1. The van der Waals surface area contributed by atoms with Crippen molar-refractivity contribution in [2.24, 2.45) is 0 Å². The smallest absolute Gasteiger partial charge is 0.122 e. The molecule has 1 aromatic rings. The molecule has 1 unspecified atom stereocenters. The SMILES string of the molecule is CC(S)(C#N)c1ccccc1. The fourth-order valence-electron chi connectivity index (χ4n) is 0.827. The Morgan fingerprint density at radius 3 is 2.36 bits per heavy atom. The van der Waals surface area contributed by atoms with E-state index in [1.807, 2.05) is 30.3 Å². The van der Waals surface area contributed by atoms with Gasteiger partial charge in [-0.25, -0.2) is 0 Å². The summed E-state index contributed by atoms with van der Waals surface area (Å²) in [6.07, 6.45) is 0. The molecular formula is C9H9NS. The van der Waals surface area contributed by atoms with Crippen LogP contribution >= 0.6 is 12.6 Å². The summed E-state index contributed by atoms with van der Waals surface area (Å²) in [4.78, 5) is 0. The molecule has 0 aliphatic rings. The molecule has 0 radical (unpaired) electrons. The van der Waals surface area contributed by atoms with Crippen LogP contribution in [0.15, 0.2) is 30.3 Å². The summed E-state index contributed by atoms with van der Waals surface area (Å²) >= 11 is 4.22. The van der Waals surface area contributed by atoms with Crippen molar-refractivity contribution in [3.05, 3.63) is 35.9 Å². The van der Waals surface area contributed by atoms with E-state index in [0.29, 0.717) is 0 Å². The van der Waals surface area contributed by atoms with Crippen LogP contribution in [0.2, 0.25) is 0 Å². The molecule has 0 aromatic heterocycles. The monoisotopic (exact) mass is 163 g/mol. The summed E-state index contributed by atoms with van der Waals surface area (Å²) in [5.74, 6) is 0. The van der Waals surface area contributed by atoms with E-state index in [2.05, 4.69) is 18.7 Å². The van der Waals surface area contributed by atoms with Gasteiger partial charge in [-0.2, -0.15) is 17.9 Å². The zero-order valence-electron chi connectivity index (χ0n) is 6.28. The second kappa shape index (κ2) is 2.98. The maximum Gasteiger partial charge on any atom is 0.122 e. The van der Waals surface area contributed by atoms with E-state index in [4.69, 9.17) is 5.26 Å². The van der Waals surface area contributed by atoms with Crippen molar-refractivity contribution >= 4 is 12.6 Å². The highest BCUT2D eigenvalue weighted by atomic mass is 32.1. The lowest BCUT2D eigenvalue weighted by atomic mass is 10.0. The van der Waals surface area contributed by atoms with Crippen molar-refractivity contribution < 1.29 is 0 Å². The molecule has 0 spiro atoms. The third-order valence-corrected chi connectivity index (χ3v) is 1.91. The predicted molar refractivity (Wildman–Crippen MR) is 48.4 cm³/mol. The van der Waals surface area contributed by atoms with Crippen LogP contribution in [-0.4, -0.2) is 0 Å². The second-order valence-corrected chi connectivity index (χ2v) is 3.44. The summed E-state index contributed by atoms with van der Waals surface area (Å²) in [7, 11) is 0. The molecule has 0 aliphatic carbocycles. The maximum absolute atomic E-state index is 8.72. The first-order chi connectivity index (χ1) is 5.17. The van der Waals surface area contributed by atoms with E-state index in [-0.39, 0.29) is 0 Å². The second-order valence-electron chi connectivity index (χ2n) is 2.55. The molecular weight excluding hydrogens is 154 g/mol.